The Morgan fingerprint density at radius 2 is 2.03 bits per heavy atom. The standard InChI is InChI=1S/C23H27N5O/c1-17-15-24-21(23(29)27-20-7-3-2-4-8-20)14-19(17)13-18-9-10-22(25-16-18)28-12-6-5-11-26-28/h6,9-12,14-16,20H,2-5,7-8,13H2,1H3,(H,27,29). The number of pyridine rings is 2. The maximum Gasteiger partial charge on any atom is 0.270 e. The van der Waals surface area contributed by atoms with Gasteiger partial charge < -0.3 is 5.32 Å². The number of nitrogens with zero attached hydrogens (tertiary/aromatic N) is 4. The predicted molar refractivity (Wildman–Crippen MR) is 115 cm³/mol. The fourth-order valence-electron chi connectivity index (χ4n) is 3.79. The fraction of sp³-hybridized carbons (Fsp3) is 0.391. The maximum absolute atomic E-state index is 12.6. The van der Waals surface area contributed by atoms with Gasteiger partial charge in [-0.15, -0.1) is 0 Å². The number of hydrogen-bond donors (Lipinski definition) is 1. The summed E-state index contributed by atoms with van der Waals surface area (Å²) in [7, 11) is 0. The van der Waals surface area contributed by atoms with E-state index in [9.17, 15) is 4.79 Å². The summed E-state index contributed by atoms with van der Waals surface area (Å²) in [5, 5.41) is 9.23. The van der Waals surface area contributed by atoms with E-state index in [1.54, 1.807) is 11.2 Å². The summed E-state index contributed by atoms with van der Waals surface area (Å²) < 4.78 is 0. The number of allylic oxidation sites excluding steroid dienone is 1. The van der Waals surface area contributed by atoms with Gasteiger partial charge in [0.25, 0.3) is 5.91 Å². The molecule has 1 amide bonds. The minimum atomic E-state index is -0.0682. The number of rotatable bonds is 5. The minimum absolute atomic E-state index is 0.0682. The van der Waals surface area contributed by atoms with Crippen molar-refractivity contribution in [1.82, 2.24) is 15.3 Å². The Hall–Kier alpha value is -3.02. The van der Waals surface area contributed by atoms with Crippen molar-refractivity contribution >= 4 is 17.9 Å². The predicted octanol–water partition coefficient (Wildman–Crippen LogP) is 4.15. The molecule has 150 valence electrons. The lowest BCUT2D eigenvalue weighted by atomic mass is 9.95. The summed E-state index contributed by atoms with van der Waals surface area (Å²) in [4.78, 5) is 21.5. The van der Waals surface area contributed by atoms with Gasteiger partial charge in [0.1, 0.15) is 5.69 Å². The molecule has 2 aliphatic rings. The van der Waals surface area contributed by atoms with E-state index in [0.29, 0.717) is 12.1 Å². The third-order valence-corrected chi connectivity index (χ3v) is 5.52. The molecule has 0 saturated heterocycles. The first-order valence-electron chi connectivity index (χ1n) is 10.4. The SMILES string of the molecule is Cc1cnc(C(=O)NC2CCCCC2)cc1Cc1ccc(N2C=CCC=N2)nc1. The normalized spacial score (nSPS) is 16.8. The van der Waals surface area contributed by atoms with E-state index in [2.05, 4.69) is 26.5 Å². The lowest BCUT2D eigenvalue weighted by Crippen LogP contribution is -2.36. The van der Waals surface area contributed by atoms with E-state index in [1.165, 1.54) is 19.3 Å². The van der Waals surface area contributed by atoms with Crippen molar-refractivity contribution in [1.29, 1.82) is 0 Å². The number of hydrogen-bond acceptors (Lipinski definition) is 5. The van der Waals surface area contributed by atoms with Gasteiger partial charge >= 0.3 is 0 Å². The number of carbonyl (C=O) groups is 1. The van der Waals surface area contributed by atoms with Crippen LogP contribution in [0.2, 0.25) is 0 Å². The Balaban J connectivity index is 1.44. The number of hydrazone groups is 1. The zero-order valence-electron chi connectivity index (χ0n) is 16.8. The molecule has 1 fully saturated rings. The van der Waals surface area contributed by atoms with Crippen molar-refractivity contribution in [3.63, 3.8) is 0 Å². The largest absolute Gasteiger partial charge is 0.348 e. The van der Waals surface area contributed by atoms with Crippen LogP contribution in [-0.2, 0) is 6.42 Å². The van der Waals surface area contributed by atoms with E-state index < -0.39 is 0 Å². The molecule has 0 atom stereocenters. The van der Waals surface area contributed by atoms with Crippen LogP contribution in [0.3, 0.4) is 0 Å². The Morgan fingerprint density at radius 3 is 2.76 bits per heavy atom. The van der Waals surface area contributed by atoms with Gasteiger partial charge in [0.15, 0.2) is 5.82 Å². The van der Waals surface area contributed by atoms with Crippen LogP contribution in [0.1, 0.15) is 65.7 Å². The molecule has 29 heavy (non-hydrogen) atoms. The van der Waals surface area contributed by atoms with Gasteiger partial charge in [-0.25, -0.2) is 9.99 Å². The van der Waals surface area contributed by atoms with Gasteiger partial charge in [-0.2, -0.15) is 5.10 Å². The lowest BCUT2D eigenvalue weighted by Gasteiger charge is -2.22. The van der Waals surface area contributed by atoms with Crippen LogP contribution in [0.15, 0.2) is 48.0 Å². The van der Waals surface area contributed by atoms with Crippen molar-refractivity contribution in [2.24, 2.45) is 5.10 Å². The minimum Gasteiger partial charge on any atom is -0.348 e. The summed E-state index contributed by atoms with van der Waals surface area (Å²) >= 11 is 0. The number of carbonyl (C=O) groups excluding carboxylic acids is 1. The molecule has 2 aromatic heterocycles. The highest BCUT2D eigenvalue weighted by molar-refractivity contribution is 5.92. The molecule has 1 aliphatic carbocycles. The Morgan fingerprint density at radius 1 is 1.17 bits per heavy atom. The second-order valence-electron chi connectivity index (χ2n) is 7.77. The lowest BCUT2D eigenvalue weighted by molar-refractivity contribution is 0.0922. The molecule has 0 unspecified atom stereocenters. The molecule has 0 radical (unpaired) electrons. The summed E-state index contributed by atoms with van der Waals surface area (Å²) in [6.07, 6.45) is 16.8. The Kier molecular flexibility index (Phi) is 5.98. The molecule has 6 heteroatoms. The molecular weight excluding hydrogens is 362 g/mol. The van der Waals surface area contributed by atoms with Crippen molar-refractivity contribution in [2.45, 2.75) is 57.9 Å². The average molecular weight is 390 g/mol. The highest BCUT2D eigenvalue weighted by atomic mass is 16.1. The zero-order chi connectivity index (χ0) is 20.1. The number of nitrogens with one attached hydrogen (secondary N) is 1. The molecule has 2 aromatic rings. The number of amides is 1. The number of aromatic nitrogens is 2. The zero-order valence-corrected chi connectivity index (χ0v) is 16.8. The highest BCUT2D eigenvalue weighted by Gasteiger charge is 2.18. The van der Waals surface area contributed by atoms with Crippen molar-refractivity contribution < 1.29 is 4.79 Å². The molecule has 0 bridgehead atoms. The first kappa shape index (κ1) is 19.3. The molecule has 4 rings (SSSR count). The van der Waals surface area contributed by atoms with Crippen LogP contribution < -0.4 is 10.3 Å². The third kappa shape index (κ3) is 4.88. The second-order valence-corrected chi connectivity index (χ2v) is 7.77. The van der Waals surface area contributed by atoms with Crippen LogP contribution >= 0.6 is 0 Å². The van der Waals surface area contributed by atoms with Crippen molar-refractivity contribution in [3.8, 4) is 0 Å². The smallest absolute Gasteiger partial charge is 0.270 e. The third-order valence-electron chi connectivity index (χ3n) is 5.52. The van der Waals surface area contributed by atoms with E-state index in [0.717, 1.165) is 41.8 Å². The first-order valence-corrected chi connectivity index (χ1v) is 10.4. The maximum atomic E-state index is 12.6. The van der Waals surface area contributed by atoms with Crippen LogP contribution in [-0.4, -0.2) is 28.1 Å². The van der Waals surface area contributed by atoms with Crippen molar-refractivity contribution in [2.75, 3.05) is 5.01 Å². The average Bonchev–Trinajstić information content (AvgIpc) is 2.77. The van der Waals surface area contributed by atoms with E-state index in [1.807, 2.05) is 43.7 Å². The van der Waals surface area contributed by atoms with Crippen LogP contribution in [0, 0.1) is 6.92 Å². The summed E-state index contributed by atoms with van der Waals surface area (Å²) in [6.45, 7) is 2.03. The van der Waals surface area contributed by atoms with E-state index >= 15 is 0 Å². The highest BCUT2D eigenvalue weighted by Crippen LogP contribution is 2.20. The van der Waals surface area contributed by atoms with E-state index in [-0.39, 0.29) is 11.9 Å². The number of aryl methyl sites for hydroxylation is 1. The van der Waals surface area contributed by atoms with Gasteiger partial charge in [-0.1, -0.05) is 31.4 Å². The molecule has 1 N–H and O–H groups in total. The molecular formula is C23H27N5O. The molecule has 6 nitrogen and oxygen atoms in total. The Bertz CT molecular complexity index is 901. The molecule has 3 heterocycles. The monoisotopic (exact) mass is 389 g/mol. The van der Waals surface area contributed by atoms with Gasteiger partial charge in [0.2, 0.25) is 0 Å². The van der Waals surface area contributed by atoms with Gasteiger partial charge in [-0.3, -0.25) is 9.78 Å². The van der Waals surface area contributed by atoms with Gasteiger partial charge in [0.05, 0.1) is 0 Å². The fourth-order valence-corrected chi connectivity index (χ4v) is 3.79. The molecule has 0 aromatic carbocycles. The van der Waals surface area contributed by atoms with Crippen LogP contribution in [0.25, 0.3) is 0 Å². The first-order chi connectivity index (χ1) is 14.2. The Labute approximate surface area is 171 Å². The molecule has 1 saturated carbocycles. The van der Waals surface area contributed by atoms with Crippen LogP contribution in [0.5, 0.6) is 0 Å². The molecule has 1 aliphatic heterocycles. The van der Waals surface area contributed by atoms with Gasteiger partial charge in [-0.05, 0) is 55.0 Å². The quantitative estimate of drug-likeness (QED) is 0.834. The summed E-state index contributed by atoms with van der Waals surface area (Å²) in [5.41, 5.74) is 3.76. The van der Waals surface area contributed by atoms with Crippen molar-refractivity contribution in [3.05, 3.63) is 65.3 Å². The summed E-state index contributed by atoms with van der Waals surface area (Å²) in [6, 6.07) is 6.22. The van der Waals surface area contributed by atoms with E-state index in [4.69, 9.17) is 0 Å². The molecule has 0 spiro atoms. The van der Waals surface area contributed by atoms with Gasteiger partial charge in [0, 0.05) is 37.3 Å². The topological polar surface area (TPSA) is 70.5 Å². The summed E-state index contributed by atoms with van der Waals surface area (Å²) in [5.74, 6) is 0.723. The number of anilines is 1. The van der Waals surface area contributed by atoms with Crippen LogP contribution in [0.4, 0.5) is 5.82 Å². The second kappa shape index (κ2) is 8.99.